The quantitative estimate of drug-likeness (QED) is 0.670. The van der Waals surface area contributed by atoms with Crippen LogP contribution < -0.4 is 5.32 Å². The second-order valence-corrected chi connectivity index (χ2v) is 7.39. The summed E-state index contributed by atoms with van der Waals surface area (Å²) in [5.41, 5.74) is 4.63. The smallest absolute Gasteiger partial charge is 0.270 e. The zero-order chi connectivity index (χ0) is 20.9. The van der Waals surface area contributed by atoms with Crippen molar-refractivity contribution in [1.29, 1.82) is 0 Å². The Bertz CT molecular complexity index is 1090. The molecule has 30 heavy (non-hydrogen) atoms. The SMILES string of the molecule is Cn1cccc1C(=O)N1CCc2ncc(CNC(=O)/C=C/c3ccccc3)cc2C1. The molecular formula is C24H24N4O2. The maximum Gasteiger partial charge on any atom is 0.270 e. The molecule has 1 N–H and O–H groups in total. The van der Waals surface area contributed by atoms with Crippen molar-refractivity contribution in [1.82, 2.24) is 19.8 Å². The van der Waals surface area contributed by atoms with Crippen LogP contribution in [0, 0.1) is 0 Å². The van der Waals surface area contributed by atoms with Crippen LogP contribution in [0.2, 0.25) is 0 Å². The molecule has 1 aliphatic heterocycles. The number of nitrogens with one attached hydrogen (secondary N) is 1. The molecule has 4 rings (SSSR count). The first-order valence-corrected chi connectivity index (χ1v) is 9.98. The van der Waals surface area contributed by atoms with Crippen LogP contribution in [-0.4, -0.2) is 32.8 Å². The van der Waals surface area contributed by atoms with Gasteiger partial charge in [0.25, 0.3) is 5.91 Å². The molecule has 0 saturated carbocycles. The van der Waals surface area contributed by atoms with E-state index in [-0.39, 0.29) is 11.8 Å². The molecule has 0 atom stereocenters. The lowest BCUT2D eigenvalue weighted by Gasteiger charge is -2.28. The molecule has 6 heteroatoms. The third-order valence-corrected chi connectivity index (χ3v) is 5.24. The number of aromatic nitrogens is 2. The van der Waals surface area contributed by atoms with Gasteiger partial charge in [0.1, 0.15) is 5.69 Å². The Morgan fingerprint density at radius 3 is 2.77 bits per heavy atom. The van der Waals surface area contributed by atoms with E-state index < -0.39 is 0 Å². The van der Waals surface area contributed by atoms with Gasteiger partial charge in [-0.25, -0.2) is 0 Å². The Kier molecular flexibility index (Phi) is 5.75. The first-order valence-electron chi connectivity index (χ1n) is 9.98. The average Bonchev–Trinajstić information content (AvgIpc) is 3.21. The van der Waals surface area contributed by atoms with E-state index in [4.69, 9.17) is 0 Å². The highest BCUT2D eigenvalue weighted by atomic mass is 16.2. The predicted octanol–water partition coefficient (Wildman–Crippen LogP) is 2.95. The van der Waals surface area contributed by atoms with E-state index in [1.54, 1.807) is 12.3 Å². The summed E-state index contributed by atoms with van der Waals surface area (Å²) in [6.07, 6.45) is 7.72. The Morgan fingerprint density at radius 2 is 2.00 bits per heavy atom. The maximum atomic E-state index is 12.8. The molecule has 1 aromatic carbocycles. The fourth-order valence-electron chi connectivity index (χ4n) is 3.58. The number of pyridine rings is 1. The van der Waals surface area contributed by atoms with Crippen LogP contribution in [0.1, 0.15) is 32.9 Å². The molecule has 0 spiro atoms. The van der Waals surface area contributed by atoms with E-state index in [1.165, 1.54) is 6.08 Å². The van der Waals surface area contributed by atoms with Crippen molar-refractivity contribution in [3.8, 4) is 0 Å². The lowest BCUT2D eigenvalue weighted by Crippen LogP contribution is -2.37. The Hall–Kier alpha value is -3.67. The third-order valence-electron chi connectivity index (χ3n) is 5.24. The van der Waals surface area contributed by atoms with E-state index in [1.807, 2.05) is 71.2 Å². The average molecular weight is 400 g/mol. The number of aryl methyl sites for hydroxylation is 1. The van der Waals surface area contributed by atoms with Crippen molar-refractivity contribution in [2.75, 3.05) is 6.54 Å². The largest absolute Gasteiger partial charge is 0.348 e. The van der Waals surface area contributed by atoms with Crippen LogP contribution in [0.5, 0.6) is 0 Å². The molecule has 2 amide bonds. The summed E-state index contributed by atoms with van der Waals surface area (Å²) in [4.78, 5) is 31.3. The molecule has 152 valence electrons. The minimum atomic E-state index is -0.155. The summed E-state index contributed by atoms with van der Waals surface area (Å²) in [7, 11) is 1.87. The number of fused-ring (bicyclic) bond motifs is 1. The van der Waals surface area contributed by atoms with Crippen molar-refractivity contribution in [3.05, 3.63) is 95.1 Å². The summed E-state index contributed by atoms with van der Waals surface area (Å²) in [5.74, 6) is -0.130. The highest BCUT2D eigenvalue weighted by Crippen LogP contribution is 2.20. The Labute approximate surface area is 175 Å². The predicted molar refractivity (Wildman–Crippen MR) is 115 cm³/mol. The molecule has 6 nitrogen and oxygen atoms in total. The van der Waals surface area contributed by atoms with E-state index in [9.17, 15) is 9.59 Å². The lowest BCUT2D eigenvalue weighted by atomic mass is 10.0. The zero-order valence-electron chi connectivity index (χ0n) is 16.9. The molecule has 0 fully saturated rings. The summed E-state index contributed by atoms with van der Waals surface area (Å²) in [5, 5.41) is 2.89. The molecule has 3 aromatic rings. The molecular weight excluding hydrogens is 376 g/mol. The van der Waals surface area contributed by atoms with E-state index in [0.717, 1.165) is 28.8 Å². The molecule has 0 radical (unpaired) electrons. The summed E-state index contributed by atoms with van der Waals surface area (Å²) in [6.45, 7) is 1.58. The van der Waals surface area contributed by atoms with E-state index in [0.29, 0.717) is 25.3 Å². The van der Waals surface area contributed by atoms with Gasteiger partial charge in [0.05, 0.1) is 0 Å². The molecule has 3 heterocycles. The van der Waals surface area contributed by atoms with Gasteiger partial charge in [0.2, 0.25) is 5.91 Å². The van der Waals surface area contributed by atoms with Crippen LogP contribution in [0.4, 0.5) is 0 Å². The maximum absolute atomic E-state index is 12.8. The number of hydrogen-bond acceptors (Lipinski definition) is 3. The van der Waals surface area contributed by atoms with Crippen LogP contribution in [-0.2, 0) is 31.4 Å². The van der Waals surface area contributed by atoms with Gasteiger partial charge in [-0.15, -0.1) is 0 Å². The van der Waals surface area contributed by atoms with Gasteiger partial charge < -0.3 is 14.8 Å². The van der Waals surface area contributed by atoms with E-state index >= 15 is 0 Å². The minimum absolute atomic E-state index is 0.0258. The van der Waals surface area contributed by atoms with Crippen molar-refractivity contribution in [3.63, 3.8) is 0 Å². The molecule has 0 bridgehead atoms. The van der Waals surface area contributed by atoms with Crippen LogP contribution in [0.3, 0.4) is 0 Å². The topological polar surface area (TPSA) is 67.2 Å². The van der Waals surface area contributed by atoms with Crippen molar-refractivity contribution in [2.45, 2.75) is 19.5 Å². The highest BCUT2D eigenvalue weighted by molar-refractivity contribution is 5.93. The molecule has 0 unspecified atom stereocenters. The number of hydrogen-bond donors (Lipinski definition) is 1. The first kappa shape index (κ1) is 19.6. The monoisotopic (exact) mass is 400 g/mol. The van der Waals surface area contributed by atoms with Gasteiger partial charge >= 0.3 is 0 Å². The summed E-state index contributed by atoms with van der Waals surface area (Å²) in [6, 6.07) is 15.4. The normalized spacial score (nSPS) is 13.3. The standard InChI is InChI=1S/C24H24N4O2/c1-27-12-5-8-22(27)24(30)28-13-11-21-20(17-28)14-19(15-25-21)16-26-23(29)10-9-18-6-3-2-4-7-18/h2-10,12,14-15H,11,13,16-17H2,1H3,(H,26,29)/b10-9+. The van der Waals surface area contributed by atoms with E-state index in [2.05, 4.69) is 10.3 Å². The van der Waals surface area contributed by atoms with Gasteiger partial charge in [-0.05, 0) is 41.0 Å². The van der Waals surface area contributed by atoms with Crippen LogP contribution in [0.25, 0.3) is 6.08 Å². The molecule has 2 aromatic heterocycles. The second kappa shape index (κ2) is 8.78. The van der Waals surface area contributed by atoms with Crippen molar-refractivity contribution < 1.29 is 9.59 Å². The lowest BCUT2D eigenvalue weighted by molar-refractivity contribution is -0.116. The summed E-state index contributed by atoms with van der Waals surface area (Å²) >= 11 is 0. The number of nitrogens with zero attached hydrogens (tertiary/aromatic N) is 3. The highest BCUT2D eigenvalue weighted by Gasteiger charge is 2.24. The fourth-order valence-corrected chi connectivity index (χ4v) is 3.58. The number of amides is 2. The van der Waals surface area contributed by atoms with Crippen LogP contribution >= 0.6 is 0 Å². The Morgan fingerprint density at radius 1 is 1.17 bits per heavy atom. The van der Waals surface area contributed by atoms with Crippen molar-refractivity contribution in [2.24, 2.45) is 7.05 Å². The Balaban J connectivity index is 1.38. The first-order chi connectivity index (χ1) is 14.6. The van der Waals surface area contributed by atoms with Crippen molar-refractivity contribution >= 4 is 17.9 Å². The van der Waals surface area contributed by atoms with Gasteiger partial charge in [-0.2, -0.15) is 0 Å². The van der Waals surface area contributed by atoms with Gasteiger partial charge in [0.15, 0.2) is 0 Å². The van der Waals surface area contributed by atoms with Gasteiger partial charge in [-0.1, -0.05) is 30.3 Å². The number of carbonyl (C=O) groups is 2. The zero-order valence-corrected chi connectivity index (χ0v) is 16.9. The summed E-state index contributed by atoms with van der Waals surface area (Å²) < 4.78 is 1.84. The fraction of sp³-hybridized carbons (Fsp3) is 0.208. The number of rotatable bonds is 5. The minimum Gasteiger partial charge on any atom is -0.348 e. The molecule has 1 aliphatic rings. The van der Waals surface area contributed by atoms with Gasteiger partial charge in [-0.3, -0.25) is 14.6 Å². The molecule has 0 saturated heterocycles. The third kappa shape index (κ3) is 4.49. The number of benzene rings is 1. The number of carbonyl (C=O) groups excluding carboxylic acids is 2. The van der Waals surface area contributed by atoms with Gasteiger partial charge in [0, 0.05) is 57.3 Å². The second-order valence-electron chi connectivity index (χ2n) is 7.39. The molecule has 0 aliphatic carbocycles. The van der Waals surface area contributed by atoms with Crippen LogP contribution in [0.15, 0.2) is 67.0 Å².